The van der Waals surface area contributed by atoms with Gasteiger partial charge in [-0.25, -0.2) is 4.68 Å². The van der Waals surface area contributed by atoms with Crippen LogP contribution in [0.25, 0.3) is 17.2 Å². The van der Waals surface area contributed by atoms with Gasteiger partial charge in [0, 0.05) is 6.92 Å². The van der Waals surface area contributed by atoms with E-state index in [0.29, 0.717) is 0 Å². The second-order valence-electron chi connectivity index (χ2n) is 2.92. The Morgan fingerprint density at radius 3 is 3.07 bits per heavy atom. The van der Waals surface area contributed by atoms with Crippen LogP contribution in [0, 0.1) is 0 Å². The smallest absolute Gasteiger partial charge is 0.307 e. The average Bonchev–Trinajstić information content (AvgIpc) is 2.62. The summed E-state index contributed by atoms with van der Waals surface area (Å²) in [6, 6.07) is 7.52. The molecule has 1 aromatic carbocycles. The molecule has 0 N–H and O–H groups in total. The monoisotopic (exact) mass is 203 g/mol. The summed E-state index contributed by atoms with van der Waals surface area (Å²) in [5.74, 6) is -0.365. The number of hydrogen-bond donors (Lipinski definition) is 0. The summed E-state index contributed by atoms with van der Waals surface area (Å²) >= 11 is 0. The lowest BCUT2D eigenvalue weighted by molar-refractivity contribution is -0.135. The number of aromatic nitrogens is 3. The minimum atomic E-state index is -0.365. The van der Waals surface area contributed by atoms with Crippen molar-refractivity contribution in [2.45, 2.75) is 6.92 Å². The molecule has 0 aliphatic rings. The molecule has 0 unspecified atom stereocenters. The molecule has 2 rings (SSSR count). The molecule has 1 aromatic heterocycles. The minimum Gasteiger partial charge on any atom is -0.433 e. The zero-order valence-corrected chi connectivity index (χ0v) is 8.12. The lowest BCUT2D eigenvalue weighted by Gasteiger charge is -1.93. The van der Waals surface area contributed by atoms with E-state index in [0.717, 1.165) is 11.0 Å². The third kappa shape index (κ3) is 2.01. The molecule has 5 nitrogen and oxygen atoms in total. The molecule has 0 fully saturated rings. The number of nitrogens with zero attached hydrogens (tertiary/aromatic N) is 3. The van der Waals surface area contributed by atoms with Crippen LogP contribution in [0.15, 0.2) is 30.5 Å². The molecule has 0 saturated carbocycles. The maximum Gasteiger partial charge on any atom is 0.307 e. The van der Waals surface area contributed by atoms with Crippen LogP contribution in [0.3, 0.4) is 0 Å². The summed E-state index contributed by atoms with van der Waals surface area (Å²) in [7, 11) is 0. The number of benzene rings is 1. The molecule has 0 amide bonds. The van der Waals surface area contributed by atoms with E-state index in [2.05, 4.69) is 15.0 Å². The van der Waals surface area contributed by atoms with E-state index in [4.69, 9.17) is 0 Å². The molecule has 2 aromatic rings. The zero-order chi connectivity index (χ0) is 10.7. The number of fused-ring (bicyclic) bond motifs is 1. The summed E-state index contributed by atoms with van der Waals surface area (Å²) in [6.45, 7) is 1.34. The number of ether oxygens (including phenoxy) is 1. The molecule has 5 heteroatoms. The predicted octanol–water partition coefficient (Wildman–Crippen LogP) is 1.42. The van der Waals surface area contributed by atoms with Crippen LogP contribution < -0.4 is 0 Å². The zero-order valence-electron chi connectivity index (χ0n) is 8.12. The summed E-state index contributed by atoms with van der Waals surface area (Å²) in [6.07, 6.45) is 2.82. The molecule has 76 valence electrons. The van der Waals surface area contributed by atoms with Gasteiger partial charge in [-0.05, 0) is 12.1 Å². The lowest BCUT2D eigenvalue weighted by Crippen LogP contribution is -1.93. The van der Waals surface area contributed by atoms with E-state index in [1.165, 1.54) is 24.1 Å². The Hall–Kier alpha value is -2.17. The summed E-state index contributed by atoms with van der Waals surface area (Å²) in [5.41, 5.74) is 1.66. The van der Waals surface area contributed by atoms with Crippen molar-refractivity contribution in [3.8, 4) is 0 Å². The van der Waals surface area contributed by atoms with Crippen LogP contribution in [0.4, 0.5) is 0 Å². The first-order valence-electron chi connectivity index (χ1n) is 4.41. The second-order valence-corrected chi connectivity index (χ2v) is 2.92. The first kappa shape index (κ1) is 9.39. The van der Waals surface area contributed by atoms with Gasteiger partial charge in [-0.1, -0.05) is 17.3 Å². The topological polar surface area (TPSA) is 57.0 Å². The van der Waals surface area contributed by atoms with E-state index in [-0.39, 0.29) is 5.97 Å². The van der Waals surface area contributed by atoms with Gasteiger partial charge in [-0.3, -0.25) is 4.79 Å². The standard InChI is InChI=1S/C10H9N3O2/c1-8(14)15-7-6-13-10-5-3-2-4-9(10)11-12-13/h2-7H,1H3. The van der Waals surface area contributed by atoms with Gasteiger partial charge in [0.05, 0.1) is 11.7 Å². The highest BCUT2D eigenvalue weighted by Gasteiger charge is 1.99. The molecule has 0 saturated heterocycles. The van der Waals surface area contributed by atoms with Crippen molar-refractivity contribution in [3.05, 3.63) is 30.5 Å². The third-order valence-electron chi connectivity index (χ3n) is 1.81. The van der Waals surface area contributed by atoms with Crippen LogP contribution in [-0.2, 0) is 9.53 Å². The Morgan fingerprint density at radius 2 is 2.27 bits per heavy atom. The van der Waals surface area contributed by atoms with Gasteiger partial charge in [0.1, 0.15) is 11.8 Å². The number of carbonyl (C=O) groups excluding carboxylic acids is 1. The Kier molecular flexibility index (Phi) is 2.45. The molecule has 0 atom stereocenters. The molecule has 0 aliphatic carbocycles. The largest absolute Gasteiger partial charge is 0.433 e. The van der Waals surface area contributed by atoms with E-state index in [1.807, 2.05) is 24.3 Å². The van der Waals surface area contributed by atoms with Crippen molar-refractivity contribution in [2.24, 2.45) is 0 Å². The Labute approximate surface area is 86.0 Å². The fourth-order valence-corrected chi connectivity index (χ4v) is 1.18. The molecule has 0 radical (unpaired) electrons. The first-order valence-corrected chi connectivity index (χ1v) is 4.41. The van der Waals surface area contributed by atoms with Gasteiger partial charge in [0.15, 0.2) is 0 Å². The molecular weight excluding hydrogens is 194 g/mol. The van der Waals surface area contributed by atoms with Gasteiger partial charge >= 0.3 is 5.97 Å². The van der Waals surface area contributed by atoms with Crippen molar-refractivity contribution in [2.75, 3.05) is 0 Å². The highest BCUT2D eigenvalue weighted by atomic mass is 16.5. The summed E-state index contributed by atoms with van der Waals surface area (Å²) in [5, 5.41) is 7.82. The van der Waals surface area contributed by atoms with E-state index in [9.17, 15) is 4.79 Å². The van der Waals surface area contributed by atoms with E-state index >= 15 is 0 Å². The fourth-order valence-electron chi connectivity index (χ4n) is 1.18. The molecule has 0 bridgehead atoms. The lowest BCUT2D eigenvalue weighted by atomic mass is 10.3. The van der Waals surface area contributed by atoms with Crippen LogP contribution in [0.1, 0.15) is 6.92 Å². The van der Waals surface area contributed by atoms with Gasteiger partial charge in [-0.15, -0.1) is 5.10 Å². The first-order chi connectivity index (χ1) is 7.27. The maximum absolute atomic E-state index is 10.5. The Morgan fingerprint density at radius 1 is 1.47 bits per heavy atom. The number of hydrogen-bond acceptors (Lipinski definition) is 4. The van der Waals surface area contributed by atoms with Gasteiger partial charge in [-0.2, -0.15) is 0 Å². The van der Waals surface area contributed by atoms with Gasteiger partial charge in [0.25, 0.3) is 0 Å². The Bertz CT molecular complexity index is 516. The predicted molar refractivity (Wildman–Crippen MR) is 54.6 cm³/mol. The Balaban J connectivity index is 2.28. The number of para-hydroxylation sites is 1. The highest BCUT2D eigenvalue weighted by Crippen LogP contribution is 2.09. The molecule has 0 aliphatic heterocycles. The summed E-state index contributed by atoms with van der Waals surface area (Å²) in [4.78, 5) is 10.5. The minimum absolute atomic E-state index is 0.365. The van der Waals surface area contributed by atoms with Crippen molar-refractivity contribution < 1.29 is 9.53 Å². The number of carbonyl (C=O) groups is 1. The fraction of sp³-hybridized carbons (Fsp3) is 0.100. The third-order valence-corrected chi connectivity index (χ3v) is 1.81. The van der Waals surface area contributed by atoms with Crippen molar-refractivity contribution in [1.29, 1.82) is 0 Å². The van der Waals surface area contributed by atoms with Crippen LogP contribution >= 0.6 is 0 Å². The highest BCUT2D eigenvalue weighted by molar-refractivity contribution is 5.75. The SMILES string of the molecule is CC(=O)OC=Cn1nnc2ccccc21. The summed E-state index contributed by atoms with van der Waals surface area (Å²) < 4.78 is 6.20. The van der Waals surface area contributed by atoms with Crippen molar-refractivity contribution in [1.82, 2.24) is 15.0 Å². The van der Waals surface area contributed by atoms with Crippen molar-refractivity contribution >= 4 is 23.2 Å². The maximum atomic E-state index is 10.5. The van der Waals surface area contributed by atoms with E-state index in [1.54, 1.807) is 0 Å². The van der Waals surface area contributed by atoms with Crippen LogP contribution in [0.2, 0.25) is 0 Å². The normalized spacial score (nSPS) is 11.0. The van der Waals surface area contributed by atoms with Crippen molar-refractivity contribution in [3.63, 3.8) is 0 Å². The van der Waals surface area contributed by atoms with Gasteiger partial charge in [0.2, 0.25) is 0 Å². The molecular formula is C10H9N3O2. The number of rotatable bonds is 2. The average molecular weight is 203 g/mol. The number of esters is 1. The van der Waals surface area contributed by atoms with Crippen LogP contribution in [0.5, 0.6) is 0 Å². The molecule has 1 heterocycles. The van der Waals surface area contributed by atoms with Crippen LogP contribution in [-0.4, -0.2) is 21.0 Å². The second kappa shape index (κ2) is 3.91. The van der Waals surface area contributed by atoms with E-state index < -0.39 is 0 Å². The quantitative estimate of drug-likeness (QED) is 0.547. The molecule has 15 heavy (non-hydrogen) atoms. The van der Waals surface area contributed by atoms with Gasteiger partial charge < -0.3 is 4.74 Å². The molecule has 0 spiro atoms.